The summed E-state index contributed by atoms with van der Waals surface area (Å²) in [4.78, 5) is 58.2. The molecule has 0 aliphatic heterocycles. The van der Waals surface area contributed by atoms with Crippen LogP contribution in [0.4, 0.5) is 0 Å². The minimum atomic E-state index is -1.17. The first-order valence-corrected chi connectivity index (χ1v) is 9.78. The van der Waals surface area contributed by atoms with Crippen molar-refractivity contribution in [2.24, 2.45) is 0 Å². The van der Waals surface area contributed by atoms with Gasteiger partial charge in [0.1, 0.15) is 0 Å². The van der Waals surface area contributed by atoms with Gasteiger partial charge in [0.2, 0.25) is 0 Å². The molecule has 0 saturated heterocycles. The standard InChI is InChI=1S/C21H16O9S/c22-15(23)5-9-1-11(7-17(26)27)20-13(3-9)19(30)14-4-10(6-16(24)25)2-12(8-18(28)29)21(14)31-20/h1-4H,5-8H2,(H,22,23)(H,24,25)(H,26,27)(H,28,29). The maximum absolute atomic E-state index is 13.3. The minimum Gasteiger partial charge on any atom is -0.481 e. The number of fused-ring (bicyclic) bond motifs is 2. The quantitative estimate of drug-likeness (QED) is 0.380. The van der Waals surface area contributed by atoms with Gasteiger partial charge in [-0.25, -0.2) is 0 Å². The molecule has 0 atom stereocenters. The van der Waals surface area contributed by atoms with Crippen molar-refractivity contribution in [2.45, 2.75) is 25.7 Å². The van der Waals surface area contributed by atoms with Crippen molar-refractivity contribution in [1.82, 2.24) is 0 Å². The lowest BCUT2D eigenvalue weighted by atomic mass is 9.99. The summed E-state index contributed by atoms with van der Waals surface area (Å²) in [7, 11) is 0. The van der Waals surface area contributed by atoms with Gasteiger partial charge >= 0.3 is 23.9 Å². The number of carbonyl (C=O) groups is 4. The average molecular weight is 444 g/mol. The molecule has 0 spiro atoms. The highest BCUT2D eigenvalue weighted by atomic mass is 32.1. The summed E-state index contributed by atoms with van der Waals surface area (Å²) in [6, 6.07) is 5.60. The van der Waals surface area contributed by atoms with Crippen LogP contribution in [0, 0.1) is 0 Å². The van der Waals surface area contributed by atoms with Crippen molar-refractivity contribution in [3.05, 3.63) is 56.7 Å². The highest BCUT2D eigenvalue weighted by Gasteiger charge is 2.18. The van der Waals surface area contributed by atoms with E-state index in [1.54, 1.807) is 0 Å². The van der Waals surface area contributed by atoms with E-state index in [1.165, 1.54) is 24.3 Å². The molecule has 0 saturated carbocycles. The van der Waals surface area contributed by atoms with E-state index in [0.717, 1.165) is 11.3 Å². The van der Waals surface area contributed by atoms with E-state index in [2.05, 4.69) is 0 Å². The lowest BCUT2D eigenvalue weighted by molar-refractivity contribution is -0.137. The summed E-state index contributed by atoms with van der Waals surface area (Å²) in [5.74, 6) is -4.64. The zero-order chi connectivity index (χ0) is 22.9. The van der Waals surface area contributed by atoms with Gasteiger partial charge < -0.3 is 20.4 Å². The molecular weight excluding hydrogens is 428 g/mol. The molecule has 0 aliphatic carbocycles. The van der Waals surface area contributed by atoms with Gasteiger partial charge in [0.15, 0.2) is 5.43 Å². The van der Waals surface area contributed by atoms with Crippen molar-refractivity contribution < 1.29 is 39.6 Å². The molecule has 0 bridgehead atoms. The van der Waals surface area contributed by atoms with Crippen LogP contribution in [-0.4, -0.2) is 44.3 Å². The Labute approximate surface area is 177 Å². The van der Waals surface area contributed by atoms with Gasteiger partial charge in [0.05, 0.1) is 25.7 Å². The monoisotopic (exact) mass is 444 g/mol. The van der Waals surface area contributed by atoms with Gasteiger partial charge in [-0.05, 0) is 34.4 Å². The number of carboxylic acids is 4. The molecule has 0 radical (unpaired) electrons. The van der Waals surface area contributed by atoms with Gasteiger partial charge in [-0.2, -0.15) is 0 Å². The second kappa shape index (κ2) is 8.52. The molecule has 9 nitrogen and oxygen atoms in total. The predicted molar refractivity (Wildman–Crippen MR) is 111 cm³/mol. The SMILES string of the molecule is O=C(O)Cc1cc(CC(=O)O)c2sc3c(CC(=O)O)cc(CC(=O)O)cc3c(=O)c2c1. The smallest absolute Gasteiger partial charge is 0.307 e. The lowest BCUT2D eigenvalue weighted by Gasteiger charge is -2.12. The predicted octanol–water partition coefficient (Wildman–Crippen LogP) is 1.92. The zero-order valence-corrected chi connectivity index (χ0v) is 16.7. The molecule has 0 amide bonds. The van der Waals surface area contributed by atoms with E-state index in [0.29, 0.717) is 9.40 Å². The van der Waals surface area contributed by atoms with Crippen LogP contribution < -0.4 is 5.43 Å². The van der Waals surface area contributed by atoms with Crippen LogP contribution in [0.5, 0.6) is 0 Å². The fraction of sp³-hybridized carbons (Fsp3) is 0.190. The lowest BCUT2D eigenvalue weighted by Crippen LogP contribution is -2.11. The van der Waals surface area contributed by atoms with Crippen LogP contribution >= 0.6 is 11.3 Å². The highest BCUT2D eigenvalue weighted by Crippen LogP contribution is 2.32. The Balaban J connectivity index is 2.42. The Kier molecular flexibility index (Phi) is 6.02. The summed E-state index contributed by atoms with van der Waals surface area (Å²) in [5.41, 5.74) is 0.475. The first-order valence-electron chi connectivity index (χ1n) is 8.96. The van der Waals surface area contributed by atoms with Crippen LogP contribution in [0.1, 0.15) is 22.3 Å². The fourth-order valence-electron chi connectivity index (χ4n) is 3.48. The van der Waals surface area contributed by atoms with E-state index >= 15 is 0 Å². The molecule has 3 aromatic rings. The highest BCUT2D eigenvalue weighted by molar-refractivity contribution is 7.25. The molecule has 0 unspecified atom stereocenters. The molecule has 3 rings (SSSR count). The van der Waals surface area contributed by atoms with Crippen molar-refractivity contribution in [3.63, 3.8) is 0 Å². The molecule has 31 heavy (non-hydrogen) atoms. The number of benzene rings is 2. The Bertz CT molecular complexity index is 1220. The average Bonchev–Trinajstić information content (AvgIpc) is 2.61. The summed E-state index contributed by atoms with van der Waals surface area (Å²) >= 11 is 1.04. The second-order valence-corrected chi connectivity index (χ2v) is 8.00. The number of aliphatic carboxylic acids is 4. The molecular formula is C21H16O9S. The molecule has 0 aliphatic rings. The third-order valence-electron chi connectivity index (χ3n) is 4.54. The number of hydrogen-bond donors (Lipinski definition) is 4. The van der Waals surface area contributed by atoms with Crippen molar-refractivity contribution in [3.8, 4) is 0 Å². The normalized spacial score (nSPS) is 11.0. The molecule has 4 N–H and O–H groups in total. The Hall–Kier alpha value is -3.79. The van der Waals surface area contributed by atoms with Crippen LogP contribution in [0.2, 0.25) is 0 Å². The van der Waals surface area contributed by atoms with Gasteiger partial charge in [0, 0.05) is 20.2 Å². The van der Waals surface area contributed by atoms with E-state index in [1.807, 2.05) is 0 Å². The maximum Gasteiger partial charge on any atom is 0.307 e. The van der Waals surface area contributed by atoms with Crippen LogP contribution in [0.25, 0.3) is 20.2 Å². The number of hydrogen-bond acceptors (Lipinski definition) is 6. The first kappa shape index (κ1) is 21.9. The summed E-state index contributed by atoms with van der Waals surface area (Å²) < 4.78 is 0.651. The summed E-state index contributed by atoms with van der Waals surface area (Å²) in [5, 5.41) is 36.9. The maximum atomic E-state index is 13.3. The summed E-state index contributed by atoms with van der Waals surface area (Å²) in [6.07, 6.45) is -1.71. The van der Waals surface area contributed by atoms with Crippen LogP contribution in [-0.2, 0) is 44.9 Å². The first-order chi connectivity index (χ1) is 14.5. The van der Waals surface area contributed by atoms with Crippen molar-refractivity contribution in [2.75, 3.05) is 0 Å². The third-order valence-corrected chi connectivity index (χ3v) is 5.91. The van der Waals surface area contributed by atoms with Gasteiger partial charge in [-0.15, -0.1) is 11.3 Å². The van der Waals surface area contributed by atoms with E-state index in [4.69, 9.17) is 10.2 Å². The largest absolute Gasteiger partial charge is 0.481 e. The van der Waals surface area contributed by atoms with Gasteiger partial charge in [-0.1, -0.05) is 12.1 Å². The summed E-state index contributed by atoms with van der Waals surface area (Å²) in [6.45, 7) is 0. The Morgan fingerprint density at radius 2 is 0.968 bits per heavy atom. The molecule has 160 valence electrons. The fourth-order valence-corrected chi connectivity index (χ4v) is 4.73. The minimum absolute atomic E-state index is 0.112. The Morgan fingerprint density at radius 1 is 0.613 bits per heavy atom. The molecule has 1 aromatic heterocycles. The van der Waals surface area contributed by atoms with Crippen LogP contribution in [0.15, 0.2) is 29.1 Å². The number of carboxylic acid groups (broad SMARTS) is 4. The molecule has 0 fully saturated rings. The van der Waals surface area contributed by atoms with E-state index in [-0.39, 0.29) is 33.0 Å². The third kappa shape index (κ3) is 4.86. The number of rotatable bonds is 8. The second-order valence-electron chi connectivity index (χ2n) is 6.98. The van der Waals surface area contributed by atoms with Crippen molar-refractivity contribution in [1.29, 1.82) is 0 Å². The van der Waals surface area contributed by atoms with Gasteiger partial charge in [0.25, 0.3) is 0 Å². The molecule has 1 heterocycles. The van der Waals surface area contributed by atoms with Crippen LogP contribution in [0.3, 0.4) is 0 Å². The Morgan fingerprint density at radius 3 is 1.29 bits per heavy atom. The van der Waals surface area contributed by atoms with E-state index < -0.39 is 55.0 Å². The van der Waals surface area contributed by atoms with E-state index in [9.17, 15) is 34.2 Å². The topological polar surface area (TPSA) is 166 Å². The molecule has 10 heteroatoms. The van der Waals surface area contributed by atoms with Crippen molar-refractivity contribution >= 4 is 55.4 Å². The van der Waals surface area contributed by atoms with Gasteiger partial charge in [-0.3, -0.25) is 24.0 Å². The zero-order valence-electron chi connectivity index (χ0n) is 15.9. The molecule has 2 aromatic carbocycles.